The second-order valence-electron chi connectivity index (χ2n) is 3.91. The van der Waals surface area contributed by atoms with Gasteiger partial charge < -0.3 is 11.1 Å². The minimum atomic E-state index is 0.592. The van der Waals surface area contributed by atoms with Gasteiger partial charge in [-0.15, -0.1) is 0 Å². The molecule has 0 heterocycles. The second-order valence-corrected chi connectivity index (χ2v) is 3.91. The first-order valence-electron chi connectivity index (χ1n) is 5.32. The first-order valence-corrected chi connectivity index (χ1v) is 5.32. The van der Waals surface area contributed by atoms with E-state index in [0.29, 0.717) is 11.3 Å². The molecule has 3 N–H and O–H groups in total. The zero-order chi connectivity index (χ0) is 12.3. The normalized spacial score (nSPS) is 9.65. The van der Waals surface area contributed by atoms with E-state index in [1.807, 2.05) is 31.2 Å². The van der Waals surface area contributed by atoms with Crippen LogP contribution in [0.15, 0.2) is 42.5 Å². The fourth-order valence-electron chi connectivity index (χ4n) is 1.61. The molecule has 0 aromatic heterocycles. The average molecular weight is 223 g/mol. The summed E-state index contributed by atoms with van der Waals surface area (Å²) in [6.07, 6.45) is 0. The van der Waals surface area contributed by atoms with E-state index in [1.165, 1.54) is 5.56 Å². The maximum Gasteiger partial charge on any atom is 0.0992 e. The SMILES string of the molecule is Cc1cccc(Nc2cc(C#N)ccc2N)c1. The van der Waals surface area contributed by atoms with Crippen molar-refractivity contribution in [1.82, 2.24) is 0 Å². The molecule has 0 saturated heterocycles. The number of aryl methyl sites for hydroxylation is 1. The molecule has 84 valence electrons. The van der Waals surface area contributed by atoms with Crippen LogP contribution in [-0.4, -0.2) is 0 Å². The summed E-state index contributed by atoms with van der Waals surface area (Å²) in [6.45, 7) is 2.03. The van der Waals surface area contributed by atoms with Crippen molar-refractivity contribution in [3.8, 4) is 6.07 Å². The summed E-state index contributed by atoms with van der Waals surface area (Å²) in [5, 5.41) is 12.1. The van der Waals surface area contributed by atoms with Crippen LogP contribution in [0.3, 0.4) is 0 Å². The first-order chi connectivity index (χ1) is 8.19. The van der Waals surface area contributed by atoms with Gasteiger partial charge in [0.25, 0.3) is 0 Å². The number of nitrogens with one attached hydrogen (secondary N) is 1. The number of nitriles is 1. The highest BCUT2D eigenvalue weighted by Gasteiger charge is 2.01. The van der Waals surface area contributed by atoms with Crippen LogP contribution < -0.4 is 11.1 Å². The highest BCUT2D eigenvalue weighted by molar-refractivity contribution is 5.74. The lowest BCUT2D eigenvalue weighted by molar-refractivity contribution is 1.44. The van der Waals surface area contributed by atoms with Crippen molar-refractivity contribution in [3.63, 3.8) is 0 Å². The maximum atomic E-state index is 8.84. The predicted octanol–water partition coefficient (Wildman–Crippen LogP) is 3.19. The van der Waals surface area contributed by atoms with Crippen LogP contribution in [0.5, 0.6) is 0 Å². The summed E-state index contributed by atoms with van der Waals surface area (Å²) < 4.78 is 0. The molecule has 0 aliphatic carbocycles. The average Bonchev–Trinajstić information content (AvgIpc) is 2.32. The quantitative estimate of drug-likeness (QED) is 0.768. The molecule has 0 bridgehead atoms. The molecule has 0 aliphatic rings. The van der Waals surface area contributed by atoms with Gasteiger partial charge in [-0.3, -0.25) is 0 Å². The van der Waals surface area contributed by atoms with E-state index in [-0.39, 0.29) is 0 Å². The van der Waals surface area contributed by atoms with Gasteiger partial charge in [0.15, 0.2) is 0 Å². The number of nitrogen functional groups attached to an aromatic ring is 1. The fraction of sp³-hybridized carbons (Fsp3) is 0.0714. The second kappa shape index (κ2) is 4.58. The van der Waals surface area contributed by atoms with Crippen molar-refractivity contribution < 1.29 is 0 Å². The smallest absolute Gasteiger partial charge is 0.0992 e. The number of nitrogens with two attached hydrogens (primary N) is 1. The van der Waals surface area contributed by atoms with Gasteiger partial charge in [0, 0.05) is 5.69 Å². The zero-order valence-electron chi connectivity index (χ0n) is 9.57. The molecule has 0 fully saturated rings. The van der Waals surface area contributed by atoms with Gasteiger partial charge in [-0.2, -0.15) is 5.26 Å². The van der Waals surface area contributed by atoms with Crippen LogP contribution in [0.25, 0.3) is 0 Å². The number of anilines is 3. The molecule has 0 amide bonds. The third-order valence-electron chi connectivity index (χ3n) is 2.48. The van der Waals surface area contributed by atoms with Crippen LogP contribution in [-0.2, 0) is 0 Å². The standard InChI is InChI=1S/C14H13N3/c1-10-3-2-4-12(7-10)17-14-8-11(9-15)5-6-13(14)16/h2-8,17H,16H2,1H3. The maximum absolute atomic E-state index is 8.84. The molecule has 3 heteroatoms. The van der Waals surface area contributed by atoms with Gasteiger partial charge in [0.05, 0.1) is 23.0 Å². The van der Waals surface area contributed by atoms with E-state index in [9.17, 15) is 0 Å². The molecule has 3 nitrogen and oxygen atoms in total. The Morgan fingerprint density at radius 1 is 1.18 bits per heavy atom. The number of rotatable bonds is 2. The lowest BCUT2D eigenvalue weighted by Crippen LogP contribution is -1.97. The third kappa shape index (κ3) is 2.56. The molecule has 0 aliphatic heterocycles. The molecule has 2 rings (SSSR count). The van der Waals surface area contributed by atoms with Crippen LogP contribution in [0, 0.1) is 18.3 Å². The lowest BCUT2D eigenvalue weighted by Gasteiger charge is -2.10. The van der Waals surface area contributed by atoms with Gasteiger partial charge in [-0.25, -0.2) is 0 Å². The van der Waals surface area contributed by atoms with E-state index in [2.05, 4.69) is 11.4 Å². The van der Waals surface area contributed by atoms with Crippen molar-refractivity contribution in [2.45, 2.75) is 6.92 Å². The van der Waals surface area contributed by atoms with E-state index in [0.717, 1.165) is 11.4 Å². The largest absolute Gasteiger partial charge is 0.397 e. The van der Waals surface area contributed by atoms with Gasteiger partial charge in [0.1, 0.15) is 0 Å². The molecular formula is C14H13N3. The van der Waals surface area contributed by atoms with E-state index >= 15 is 0 Å². The van der Waals surface area contributed by atoms with Gasteiger partial charge in [0.2, 0.25) is 0 Å². The Hall–Kier alpha value is -2.47. The fourth-order valence-corrected chi connectivity index (χ4v) is 1.61. The van der Waals surface area contributed by atoms with Gasteiger partial charge in [-0.1, -0.05) is 12.1 Å². The van der Waals surface area contributed by atoms with Crippen molar-refractivity contribution in [2.24, 2.45) is 0 Å². The molecule has 0 spiro atoms. The molecule has 0 unspecified atom stereocenters. The Balaban J connectivity index is 2.33. The number of hydrogen-bond donors (Lipinski definition) is 2. The molecule has 2 aromatic carbocycles. The predicted molar refractivity (Wildman–Crippen MR) is 70.0 cm³/mol. The molecule has 17 heavy (non-hydrogen) atoms. The minimum absolute atomic E-state index is 0.592. The Bertz CT molecular complexity index is 582. The summed E-state index contributed by atoms with van der Waals surface area (Å²) in [4.78, 5) is 0. The van der Waals surface area contributed by atoms with Crippen molar-refractivity contribution >= 4 is 17.1 Å². The highest BCUT2D eigenvalue weighted by Crippen LogP contribution is 2.24. The zero-order valence-corrected chi connectivity index (χ0v) is 9.57. The molecule has 0 radical (unpaired) electrons. The van der Waals surface area contributed by atoms with Crippen LogP contribution in [0.4, 0.5) is 17.1 Å². The Morgan fingerprint density at radius 3 is 2.71 bits per heavy atom. The van der Waals surface area contributed by atoms with Crippen molar-refractivity contribution in [2.75, 3.05) is 11.1 Å². The monoisotopic (exact) mass is 223 g/mol. The van der Waals surface area contributed by atoms with Crippen molar-refractivity contribution in [1.29, 1.82) is 5.26 Å². The summed E-state index contributed by atoms with van der Waals surface area (Å²) >= 11 is 0. The van der Waals surface area contributed by atoms with Crippen LogP contribution in [0.1, 0.15) is 11.1 Å². The summed E-state index contributed by atoms with van der Waals surface area (Å²) in [5.74, 6) is 0. The number of hydrogen-bond acceptors (Lipinski definition) is 3. The number of benzene rings is 2. The van der Waals surface area contributed by atoms with E-state index < -0.39 is 0 Å². The first kappa shape index (κ1) is 11.0. The Kier molecular flexibility index (Phi) is 2.97. The Labute approximate surface area is 101 Å². The topological polar surface area (TPSA) is 61.8 Å². The van der Waals surface area contributed by atoms with Gasteiger partial charge in [-0.05, 0) is 42.8 Å². The highest BCUT2D eigenvalue weighted by atomic mass is 14.9. The van der Waals surface area contributed by atoms with Crippen molar-refractivity contribution in [3.05, 3.63) is 53.6 Å². The third-order valence-corrected chi connectivity index (χ3v) is 2.48. The lowest BCUT2D eigenvalue weighted by atomic mass is 10.1. The summed E-state index contributed by atoms with van der Waals surface area (Å²) in [5.41, 5.74) is 9.98. The minimum Gasteiger partial charge on any atom is -0.397 e. The number of nitrogens with zero attached hydrogens (tertiary/aromatic N) is 1. The summed E-state index contributed by atoms with van der Waals surface area (Å²) in [7, 11) is 0. The molecular weight excluding hydrogens is 210 g/mol. The van der Waals surface area contributed by atoms with Gasteiger partial charge >= 0.3 is 0 Å². The molecule has 0 atom stereocenters. The van der Waals surface area contributed by atoms with Crippen LogP contribution >= 0.6 is 0 Å². The molecule has 2 aromatic rings. The summed E-state index contributed by atoms with van der Waals surface area (Å²) in [6, 6.07) is 15.3. The van der Waals surface area contributed by atoms with E-state index in [4.69, 9.17) is 11.0 Å². The van der Waals surface area contributed by atoms with E-state index in [1.54, 1.807) is 18.2 Å². The van der Waals surface area contributed by atoms with Crippen LogP contribution in [0.2, 0.25) is 0 Å². The molecule has 0 saturated carbocycles. The Morgan fingerprint density at radius 2 is 2.00 bits per heavy atom.